The molecule has 9 aromatic carbocycles. The normalized spacial score (nSPS) is 11.3. The Balaban J connectivity index is 1.000. The maximum absolute atomic E-state index is 6.20. The summed E-state index contributed by atoms with van der Waals surface area (Å²) in [7, 11) is 0. The molecule has 54 heavy (non-hydrogen) atoms. The van der Waals surface area contributed by atoms with Crippen molar-refractivity contribution in [1.82, 2.24) is 4.98 Å². The largest absolute Gasteiger partial charge is 0.436 e. The van der Waals surface area contributed by atoms with Crippen LogP contribution in [0.4, 0.5) is 17.1 Å². The molecule has 1 aromatic heterocycles. The van der Waals surface area contributed by atoms with Crippen LogP contribution in [0.3, 0.4) is 0 Å². The van der Waals surface area contributed by atoms with Gasteiger partial charge in [-0.1, -0.05) is 133 Å². The molecule has 0 amide bonds. The Bertz CT molecular complexity index is 2790. The number of hydrogen-bond donors (Lipinski definition) is 0. The van der Waals surface area contributed by atoms with Crippen LogP contribution in [-0.4, -0.2) is 4.98 Å². The van der Waals surface area contributed by atoms with Crippen LogP contribution in [-0.2, 0) is 0 Å². The van der Waals surface area contributed by atoms with E-state index < -0.39 is 0 Å². The quantitative estimate of drug-likeness (QED) is 0.167. The van der Waals surface area contributed by atoms with Gasteiger partial charge < -0.3 is 9.32 Å². The molecule has 0 aliphatic rings. The fourth-order valence-corrected chi connectivity index (χ4v) is 7.40. The fraction of sp³-hybridized carbons (Fsp3) is 0. The van der Waals surface area contributed by atoms with Crippen LogP contribution in [0.15, 0.2) is 211 Å². The summed E-state index contributed by atoms with van der Waals surface area (Å²) in [6, 6.07) is 73.2. The molecule has 0 radical (unpaired) electrons. The van der Waals surface area contributed by atoms with Gasteiger partial charge in [0.25, 0.3) is 0 Å². The highest BCUT2D eigenvalue weighted by Crippen LogP contribution is 2.39. The Hall–Kier alpha value is -7.23. The highest BCUT2D eigenvalue weighted by molar-refractivity contribution is 5.90. The van der Waals surface area contributed by atoms with Gasteiger partial charge in [0.15, 0.2) is 5.58 Å². The van der Waals surface area contributed by atoms with Gasteiger partial charge >= 0.3 is 0 Å². The summed E-state index contributed by atoms with van der Waals surface area (Å²) in [5.74, 6) is 0.631. The number of rotatable bonds is 7. The summed E-state index contributed by atoms with van der Waals surface area (Å²) in [5, 5.41) is 4.98. The fourth-order valence-electron chi connectivity index (χ4n) is 7.40. The first-order chi connectivity index (χ1) is 26.7. The van der Waals surface area contributed by atoms with Crippen molar-refractivity contribution in [2.45, 2.75) is 0 Å². The van der Waals surface area contributed by atoms with E-state index in [9.17, 15) is 0 Å². The monoisotopic (exact) mass is 690 g/mol. The van der Waals surface area contributed by atoms with E-state index in [2.05, 4.69) is 175 Å². The Kier molecular flexibility index (Phi) is 7.81. The first-order valence-electron chi connectivity index (χ1n) is 18.3. The van der Waals surface area contributed by atoms with Crippen LogP contribution >= 0.6 is 0 Å². The molecule has 10 rings (SSSR count). The molecule has 0 unspecified atom stereocenters. The second-order valence-corrected chi connectivity index (χ2v) is 13.7. The predicted molar refractivity (Wildman–Crippen MR) is 225 cm³/mol. The molecule has 0 spiro atoms. The van der Waals surface area contributed by atoms with E-state index >= 15 is 0 Å². The molecular weight excluding hydrogens is 657 g/mol. The van der Waals surface area contributed by atoms with E-state index in [0.717, 1.165) is 44.9 Å². The van der Waals surface area contributed by atoms with E-state index in [1.807, 2.05) is 36.4 Å². The number of oxazole rings is 1. The molecule has 1 heterocycles. The van der Waals surface area contributed by atoms with Gasteiger partial charge in [0.1, 0.15) is 5.52 Å². The zero-order valence-electron chi connectivity index (χ0n) is 29.4. The van der Waals surface area contributed by atoms with Gasteiger partial charge in [-0.25, -0.2) is 4.98 Å². The van der Waals surface area contributed by atoms with Gasteiger partial charge in [0, 0.05) is 22.6 Å². The lowest BCUT2D eigenvalue weighted by Gasteiger charge is -2.26. The van der Waals surface area contributed by atoms with Crippen LogP contribution in [0, 0.1) is 0 Å². The molecule has 0 aliphatic carbocycles. The van der Waals surface area contributed by atoms with Crippen LogP contribution < -0.4 is 4.90 Å². The van der Waals surface area contributed by atoms with Crippen molar-refractivity contribution in [3.8, 4) is 44.8 Å². The summed E-state index contributed by atoms with van der Waals surface area (Å²) in [4.78, 5) is 7.05. The number of aromatic nitrogens is 1. The lowest BCUT2D eigenvalue weighted by atomic mass is 10.00. The Morgan fingerprint density at radius 3 is 1.22 bits per heavy atom. The third kappa shape index (κ3) is 5.98. The molecule has 0 fully saturated rings. The maximum atomic E-state index is 6.20. The average molecular weight is 691 g/mol. The maximum Gasteiger partial charge on any atom is 0.227 e. The van der Waals surface area contributed by atoms with Crippen LogP contribution in [0.5, 0.6) is 0 Å². The summed E-state index contributed by atoms with van der Waals surface area (Å²) >= 11 is 0. The van der Waals surface area contributed by atoms with Crippen molar-refractivity contribution in [3.63, 3.8) is 0 Å². The predicted octanol–water partition coefficient (Wildman–Crippen LogP) is 14.3. The van der Waals surface area contributed by atoms with Gasteiger partial charge in [-0.15, -0.1) is 0 Å². The summed E-state index contributed by atoms with van der Waals surface area (Å²) in [5.41, 5.74) is 12.8. The first kappa shape index (κ1) is 31.5. The molecule has 0 N–H and O–H groups in total. The topological polar surface area (TPSA) is 29.3 Å². The van der Waals surface area contributed by atoms with Gasteiger partial charge in [-0.2, -0.15) is 0 Å². The Morgan fingerprint density at radius 1 is 0.315 bits per heavy atom. The highest BCUT2D eigenvalue weighted by Gasteiger charge is 2.15. The van der Waals surface area contributed by atoms with Crippen molar-refractivity contribution < 1.29 is 4.42 Å². The van der Waals surface area contributed by atoms with E-state index in [0.29, 0.717) is 5.89 Å². The molecule has 10 aromatic rings. The van der Waals surface area contributed by atoms with E-state index in [-0.39, 0.29) is 0 Å². The van der Waals surface area contributed by atoms with Gasteiger partial charge in [-0.05, 0) is 128 Å². The molecule has 3 nitrogen and oxygen atoms in total. The molecule has 0 bridgehead atoms. The zero-order valence-corrected chi connectivity index (χ0v) is 29.4. The van der Waals surface area contributed by atoms with Gasteiger partial charge in [0.2, 0.25) is 5.89 Å². The molecule has 254 valence electrons. The van der Waals surface area contributed by atoms with Crippen LogP contribution in [0.2, 0.25) is 0 Å². The minimum absolute atomic E-state index is 0.631. The average Bonchev–Trinajstić information content (AvgIpc) is 3.68. The van der Waals surface area contributed by atoms with Crippen molar-refractivity contribution in [2.75, 3.05) is 4.90 Å². The Morgan fingerprint density at radius 2 is 0.722 bits per heavy atom. The van der Waals surface area contributed by atoms with Crippen LogP contribution in [0.25, 0.3) is 77.5 Å². The lowest BCUT2D eigenvalue weighted by molar-refractivity contribution is 0.620. The number of hydrogen-bond acceptors (Lipinski definition) is 3. The van der Waals surface area contributed by atoms with Gasteiger partial charge in [0.05, 0.1) is 0 Å². The standard InChI is InChI=1S/C51H34N2O/c1-2-10-40(11-3-1)51-52-49-31-24-45(34-50(49)54-51)39-22-29-48(30-23-39)53(46-25-18-37(19-26-46)43-16-14-35-8-4-6-12-41(35)32-43)47-27-20-38(21-28-47)44-17-15-36-9-5-7-13-42(36)33-44/h1-34H. The number of nitrogens with zero attached hydrogens (tertiary/aromatic N) is 2. The van der Waals surface area contributed by atoms with Crippen molar-refractivity contribution in [3.05, 3.63) is 206 Å². The molecule has 0 saturated heterocycles. The second-order valence-electron chi connectivity index (χ2n) is 13.7. The lowest BCUT2D eigenvalue weighted by Crippen LogP contribution is -2.09. The van der Waals surface area contributed by atoms with Crippen molar-refractivity contribution >= 4 is 49.7 Å². The van der Waals surface area contributed by atoms with Crippen LogP contribution in [0.1, 0.15) is 0 Å². The molecule has 3 heteroatoms. The van der Waals surface area contributed by atoms with Crippen molar-refractivity contribution in [1.29, 1.82) is 0 Å². The summed E-state index contributed by atoms with van der Waals surface area (Å²) in [6.07, 6.45) is 0. The summed E-state index contributed by atoms with van der Waals surface area (Å²) < 4.78 is 6.20. The summed E-state index contributed by atoms with van der Waals surface area (Å²) in [6.45, 7) is 0. The number of anilines is 3. The third-order valence-electron chi connectivity index (χ3n) is 10.3. The SMILES string of the molecule is c1ccc(-c2nc3ccc(-c4ccc(N(c5ccc(-c6ccc7ccccc7c6)cc5)c5ccc(-c6ccc7ccccc7c6)cc5)cc4)cc3o2)cc1. The van der Waals surface area contributed by atoms with E-state index in [1.54, 1.807) is 0 Å². The molecule has 0 atom stereocenters. The highest BCUT2D eigenvalue weighted by atomic mass is 16.3. The minimum atomic E-state index is 0.631. The minimum Gasteiger partial charge on any atom is -0.436 e. The number of benzene rings is 9. The van der Waals surface area contributed by atoms with Gasteiger partial charge in [-0.3, -0.25) is 0 Å². The molecule has 0 aliphatic heterocycles. The van der Waals surface area contributed by atoms with E-state index in [1.165, 1.54) is 43.8 Å². The Labute approximate surface area is 314 Å². The van der Waals surface area contributed by atoms with Crippen molar-refractivity contribution in [2.24, 2.45) is 0 Å². The molecule has 0 saturated carbocycles. The third-order valence-corrected chi connectivity index (χ3v) is 10.3. The smallest absolute Gasteiger partial charge is 0.227 e. The second kappa shape index (κ2) is 13.4. The number of fused-ring (bicyclic) bond motifs is 3. The zero-order chi connectivity index (χ0) is 35.8. The van der Waals surface area contributed by atoms with E-state index in [4.69, 9.17) is 9.40 Å². The first-order valence-corrected chi connectivity index (χ1v) is 18.3. The molecular formula is C51H34N2O.